The molecule has 0 radical (unpaired) electrons. The number of ketones is 1. The van der Waals surface area contributed by atoms with E-state index in [1.54, 1.807) is 0 Å². The molecule has 0 bridgehead atoms. The minimum atomic E-state index is -0.0585. The second-order valence-corrected chi connectivity index (χ2v) is 7.61. The van der Waals surface area contributed by atoms with Crippen LogP contribution in [0.15, 0.2) is 18.2 Å². The number of hydrogen-bond donors (Lipinski definition) is 0. The summed E-state index contributed by atoms with van der Waals surface area (Å²) >= 11 is 0. The van der Waals surface area contributed by atoms with Gasteiger partial charge in [-0.2, -0.15) is 0 Å². The summed E-state index contributed by atoms with van der Waals surface area (Å²) in [7, 11) is 0. The van der Waals surface area contributed by atoms with E-state index in [1.165, 1.54) is 43.2 Å². The Hall–Kier alpha value is -1.11. The number of Topliss-reactive ketones (excluding diaryl/α,β-unsaturated/α-hetero) is 1. The number of hydrogen-bond acceptors (Lipinski definition) is 1. The first kappa shape index (κ1) is 14.8. The molecule has 1 heteroatoms. The van der Waals surface area contributed by atoms with Crippen LogP contribution >= 0.6 is 0 Å². The van der Waals surface area contributed by atoms with Gasteiger partial charge in [0.2, 0.25) is 0 Å². The second-order valence-electron chi connectivity index (χ2n) is 7.61. The first-order valence-corrected chi connectivity index (χ1v) is 8.77. The Morgan fingerprint density at radius 3 is 2.38 bits per heavy atom. The lowest BCUT2D eigenvalue weighted by Crippen LogP contribution is -2.30. The highest BCUT2D eigenvalue weighted by molar-refractivity contribution is 6.01. The van der Waals surface area contributed by atoms with E-state index < -0.39 is 0 Å². The molecule has 2 aliphatic rings. The second kappa shape index (κ2) is 5.94. The van der Waals surface area contributed by atoms with Gasteiger partial charge < -0.3 is 0 Å². The van der Waals surface area contributed by atoms with Gasteiger partial charge in [-0.1, -0.05) is 38.8 Å². The van der Waals surface area contributed by atoms with Crippen LogP contribution in [0.2, 0.25) is 0 Å². The van der Waals surface area contributed by atoms with Crippen LogP contribution < -0.4 is 0 Å². The van der Waals surface area contributed by atoms with E-state index in [-0.39, 0.29) is 5.41 Å². The van der Waals surface area contributed by atoms with Crippen LogP contribution in [0, 0.1) is 11.3 Å². The number of benzene rings is 1. The van der Waals surface area contributed by atoms with E-state index in [4.69, 9.17) is 0 Å². The maximum Gasteiger partial charge on any atom is 0.169 e. The van der Waals surface area contributed by atoms with Crippen molar-refractivity contribution < 1.29 is 4.79 Å². The molecular formula is C20H28O. The Morgan fingerprint density at radius 2 is 1.71 bits per heavy atom. The van der Waals surface area contributed by atoms with Gasteiger partial charge in [-0.25, -0.2) is 0 Å². The quantitative estimate of drug-likeness (QED) is 0.681. The van der Waals surface area contributed by atoms with Gasteiger partial charge in [-0.3, -0.25) is 4.79 Å². The number of aryl methyl sites for hydroxylation is 2. The normalized spacial score (nSPS) is 20.5. The lowest BCUT2D eigenvalue weighted by molar-refractivity contribution is 0.0760. The molecule has 1 fully saturated rings. The molecule has 2 aliphatic carbocycles. The molecule has 0 unspecified atom stereocenters. The lowest BCUT2D eigenvalue weighted by atomic mass is 9.72. The fourth-order valence-corrected chi connectivity index (χ4v) is 4.54. The van der Waals surface area contributed by atoms with Crippen LogP contribution in [0.5, 0.6) is 0 Å². The highest BCUT2D eigenvalue weighted by Crippen LogP contribution is 2.45. The molecule has 0 heterocycles. The zero-order chi connectivity index (χ0) is 14.9. The molecule has 0 N–H and O–H groups in total. The van der Waals surface area contributed by atoms with Gasteiger partial charge in [0.1, 0.15) is 0 Å². The van der Waals surface area contributed by atoms with Gasteiger partial charge in [0, 0.05) is 11.0 Å². The Morgan fingerprint density at radius 1 is 1.05 bits per heavy atom. The summed E-state index contributed by atoms with van der Waals surface area (Å²) < 4.78 is 0. The van der Waals surface area contributed by atoms with Crippen LogP contribution in [0.25, 0.3) is 0 Å². The Labute approximate surface area is 129 Å². The molecule has 0 spiro atoms. The van der Waals surface area contributed by atoms with E-state index in [0.717, 1.165) is 31.2 Å². The van der Waals surface area contributed by atoms with Crippen LogP contribution in [-0.4, -0.2) is 5.78 Å². The zero-order valence-corrected chi connectivity index (χ0v) is 13.6. The highest BCUT2D eigenvalue weighted by Gasteiger charge is 2.41. The summed E-state index contributed by atoms with van der Waals surface area (Å²) in [5.74, 6) is 1.03. The van der Waals surface area contributed by atoms with Crippen LogP contribution in [0.3, 0.4) is 0 Å². The molecule has 0 saturated heterocycles. The number of fused-ring (bicyclic) bond motifs is 1. The monoisotopic (exact) mass is 284 g/mol. The minimum Gasteiger partial charge on any atom is -0.294 e. The fourth-order valence-electron chi connectivity index (χ4n) is 4.54. The van der Waals surface area contributed by atoms with Crippen molar-refractivity contribution in [2.24, 2.45) is 11.3 Å². The molecule has 0 aliphatic heterocycles. The predicted octanol–water partition coefficient (Wildman–Crippen LogP) is 5.35. The average molecular weight is 284 g/mol. The first-order chi connectivity index (χ1) is 10.1. The van der Waals surface area contributed by atoms with Gasteiger partial charge in [0.15, 0.2) is 5.78 Å². The third kappa shape index (κ3) is 2.93. The lowest BCUT2D eigenvalue weighted by Gasteiger charge is -2.30. The minimum absolute atomic E-state index is 0.0585. The van der Waals surface area contributed by atoms with Gasteiger partial charge in [-0.15, -0.1) is 0 Å². The fraction of sp³-hybridized carbons (Fsp3) is 0.650. The smallest absolute Gasteiger partial charge is 0.169 e. The highest BCUT2D eigenvalue weighted by atomic mass is 16.1. The van der Waals surface area contributed by atoms with Crippen molar-refractivity contribution in [1.82, 2.24) is 0 Å². The van der Waals surface area contributed by atoms with Crippen molar-refractivity contribution in [2.75, 3.05) is 0 Å². The molecule has 1 aromatic carbocycles. The topological polar surface area (TPSA) is 17.1 Å². The van der Waals surface area contributed by atoms with Gasteiger partial charge in [0.05, 0.1) is 0 Å². The first-order valence-electron chi connectivity index (χ1n) is 8.77. The van der Waals surface area contributed by atoms with Crippen molar-refractivity contribution in [3.8, 4) is 0 Å². The standard InChI is InChI=1S/C20H28O/c1-15(2)14-20(11-5-6-12-20)19(21)18-10-9-16-7-3-4-8-17(16)13-18/h9-10,13,15H,3-8,11-12,14H2,1-2H3. The Bertz CT molecular complexity index is 521. The van der Waals surface area contributed by atoms with E-state index in [9.17, 15) is 4.79 Å². The van der Waals surface area contributed by atoms with E-state index in [1.807, 2.05) is 0 Å². The molecule has 114 valence electrons. The Kier molecular flexibility index (Phi) is 4.19. The third-order valence-corrected chi connectivity index (χ3v) is 5.45. The van der Waals surface area contributed by atoms with Gasteiger partial charge in [0.25, 0.3) is 0 Å². The van der Waals surface area contributed by atoms with E-state index in [0.29, 0.717) is 11.7 Å². The zero-order valence-electron chi connectivity index (χ0n) is 13.6. The maximum atomic E-state index is 13.2. The van der Waals surface area contributed by atoms with Crippen molar-refractivity contribution >= 4 is 5.78 Å². The van der Waals surface area contributed by atoms with Gasteiger partial charge in [-0.05, 0) is 68.1 Å². The molecule has 21 heavy (non-hydrogen) atoms. The summed E-state index contributed by atoms with van der Waals surface area (Å²) in [5, 5.41) is 0. The molecule has 1 aromatic rings. The summed E-state index contributed by atoms with van der Waals surface area (Å²) in [4.78, 5) is 13.2. The molecule has 1 nitrogen and oxygen atoms in total. The van der Waals surface area contributed by atoms with Crippen molar-refractivity contribution in [1.29, 1.82) is 0 Å². The molecular weight excluding hydrogens is 256 g/mol. The number of rotatable bonds is 4. The summed E-state index contributed by atoms with van der Waals surface area (Å²) in [6.45, 7) is 4.50. The van der Waals surface area contributed by atoms with E-state index in [2.05, 4.69) is 32.0 Å². The largest absolute Gasteiger partial charge is 0.294 e. The van der Waals surface area contributed by atoms with Crippen molar-refractivity contribution in [3.05, 3.63) is 34.9 Å². The van der Waals surface area contributed by atoms with Crippen LogP contribution in [-0.2, 0) is 12.8 Å². The van der Waals surface area contributed by atoms with E-state index >= 15 is 0 Å². The number of carbonyl (C=O) groups excluding carboxylic acids is 1. The molecule has 1 saturated carbocycles. The number of carbonyl (C=O) groups is 1. The third-order valence-electron chi connectivity index (χ3n) is 5.45. The summed E-state index contributed by atoms with van der Waals surface area (Å²) in [6.07, 6.45) is 10.6. The molecule has 0 atom stereocenters. The van der Waals surface area contributed by atoms with Crippen LogP contribution in [0.4, 0.5) is 0 Å². The molecule has 0 aromatic heterocycles. The molecule has 3 rings (SSSR count). The average Bonchev–Trinajstić information content (AvgIpc) is 2.95. The van der Waals surface area contributed by atoms with Crippen molar-refractivity contribution in [3.63, 3.8) is 0 Å². The predicted molar refractivity (Wildman–Crippen MR) is 87.8 cm³/mol. The Balaban J connectivity index is 1.89. The van der Waals surface area contributed by atoms with Crippen LogP contribution in [0.1, 0.15) is 80.3 Å². The van der Waals surface area contributed by atoms with Crippen molar-refractivity contribution in [2.45, 2.75) is 71.6 Å². The molecule has 0 amide bonds. The van der Waals surface area contributed by atoms with Gasteiger partial charge >= 0.3 is 0 Å². The maximum absolute atomic E-state index is 13.2. The summed E-state index contributed by atoms with van der Waals surface area (Å²) in [5.41, 5.74) is 3.84. The SMILES string of the molecule is CC(C)CC1(C(=O)c2ccc3c(c2)CCCC3)CCCC1. The summed E-state index contributed by atoms with van der Waals surface area (Å²) in [6, 6.07) is 6.55.